The lowest BCUT2D eigenvalue weighted by atomic mass is 10.1. The summed E-state index contributed by atoms with van der Waals surface area (Å²) in [5.41, 5.74) is 1.44. The van der Waals surface area contributed by atoms with Gasteiger partial charge in [0.2, 0.25) is 0 Å². The van der Waals surface area contributed by atoms with E-state index in [1.807, 2.05) is 13.0 Å². The highest BCUT2D eigenvalue weighted by molar-refractivity contribution is 5.95. The maximum atomic E-state index is 12.2. The zero-order valence-corrected chi connectivity index (χ0v) is 11.7. The third kappa shape index (κ3) is 3.50. The number of aliphatic carboxylic acids is 1. The van der Waals surface area contributed by atoms with Gasteiger partial charge in [-0.25, -0.2) is 0 Å². The molecule has 20 heavy (non-hydrogen) atoms. The Morgan fingerprint density at radius 1 is 1.45 bits per heavy atom. The maximum absolute atomic E-state index is 12.2. The molecular weight excluding hydrogens is 258 g/mol. The number of carbonyl (C=O) groups excluding carboxylic acids is 1. The average molecular weight is 277 g/mol. The molecule has 5 heteroatoms. The highest BCUT2D eigenvalue weighted by Gasteiger charge is 2.33. The Bertz CT molecular complexity index is 523. The van der Waals surface area contributed by atoms with Gasteiger partial charge in [0.25, 0.3) is 5.91 Å². The Labute approximate surface area is 117 Å². The van der Waals surface area contributed by atoms with E-state index in [0.29, 0.717) is 17.2 Å². The lowest BCUT2D eigenvalue weighted by Crippen LogP contribution is -2.38. The number of ether oxygens (including phenoxy) is 1. The van der Waals surface area contributed by atoms with E-state index < -0.39 is 5.97 Å². The van der Waals surface area contributed by atoms with Crippen LogP contribution in [0.15, 0.2) is 18.2 Å². The van der Waals surface area contributed by atoms with Crippen molar-refractivity contribution < 1.29 is 19.4 Å². The molecule has 2 rings (SSSR count). The third-order valence-corrected chi connectivity index (χ3v) is 3.57. The van der Waals surface area contributed by atoms with E-state index in [1.54, 1.807) is 19.2 Å². The van der Waals surface area contributed by atoms with E-state index in [1.165, 1.54) is 0 Å². The topological polar surface area (TPSA) is 75.6 Å². The molecule has 0 saturated heterocycles. The second-order valence-electron chi connectivity index (χ2n) is 5.20. The third-order valence-electron chi connectivity index (χ3n) is 3.57. The van der Waals surface area contributed by atoms with Crippen LogP contribution < -0.4 is 10.1 Å². The van der Waals surface area contributed by atoms with Crippen LogP contribution in [0.4, 0.5) is 0 Å². The maximum Gasteiger partial charge on any atom is 0.305 e. The fourth-order valence-corrected chi connectivity index (χ4v) is 2.24. The first-order chi connectivity index (χ1) is 9.51. The lowest BCUT2D eigenvalue weighted by molar-refractivity contribution is -0.137. The molecule has 0 aromatic heterocycles. The van der Waals surface area contributed by atoms with E-state index in [2.05, 4.69) is 5.32 Å². The molecule has 1 aliphatic carbocycles. The molecule has 1 saturated carbocycles. The van der Waals surface area contributed by atoms with Crippen LogP contribution in [-0.2, 0) is 4.79 Å². The number of amides is 1. The molecule has 0 heterocycles. The number of carbonyl (C=O) groups is 2. The number of hydrogen-bond acceptors (Lipinski definition) is 3. The summed E-state index contributed by atoms with van der Waals surface area (Å²) in [6, 6.07) is 4.93. The first-order valence-corrected chi connectivity index (χ1v) is 6.68. The molecule has 1 amide bonds. The van der Waals surface area contributed by atoms with Gasteiger partial charge in [-0.15, -0.1) is 0 Å². The second-order valence-corrected chi connectivity index (χ2v) is 5.20. The summed E-state index contributed by atoms with van der Waals surface area (Å²) in [7, 11) is 1.56. The van der Waals surface area contributed by atoms with Gasteiger partial charge in [-0.05, 0) is 43.4 Å². The minimum atomic E-state index is -0.885. The molecule has 0 spiro atoms. The monoisotopic (exact) mass is 277 g/mol. The predicted molar refractivity (Wildman–Crippen MR) is 74.0 cm³/mol. The SMILES string of the molecule is COc1cc(C(=O)NC(CC(=O)O)C2CC2)ccc1C. The van der Waals surface area contributed by atoms with Crippen molar-refractivity contribution in [1.82, 2.24) is 5.32 Å². The summed E-state index contributed by atoms with van der Waals surface area (Å²) in [6.07, 6.45) is 1.93. The fraction of sp³-hybridized carbons (Fsp3) is 0.467. The number of carboxylic acids is 1. The summed E-state index contributed by atoms with van der Waals surface area (Å²) >= 11 is 0. The van der Waals surface area contributed by atoms with Gasteiger partial charge in [0.15, 0.2) is 0 Å². The molecule has 1 aromatic carbocycles. The molecular formula is C15H19NO4. The van der Waals surface area contributed by atoms with Gasteiger partial charge in [0.1, 0.15) is 5.75 Å². The quantitative estimate of drug-likeness (QED) is 0.833. The fourth-order valence-electron chi connectivity index (χ4n) is 2.24. The van der Waals surface area contributed by atoms with Gasteiger partial charge in [0.05, 0.1) is 13.5 Å². The van der Waals surface area contributed by atoms with Crippen molar-refractivity contribution in [2.75, 3.05) is 7.11 Å². The zero-order chi connectivity index (χ0) is 14.7. The molecule has 1 atom stereocenters. The number of carboxylic acid groups (broad SMARTS) is 1. The second kappa shape index (κ2) is 5.94. The Balaban J connectivity index is 2.08. The lowest BCUT2D eigenvalue weighted by Gasteiger charge is -2.16. The first-order valence-electron chi connectivity index (χ1n) is 6.68. The minimum absolute atomic E-state index is 0.0284. The highest BCUT2D eigenvalue weighted by atomic mass is 16.5. The summed E-state index contributed by atoms with van der Waals surface area (Å²) < 4.78 is 5.19. The minimum Gasteiger partial charge on any atom is -0.496 e. The number of nitrogens with one attached hydrogen (secondary N) is 1. The van der Waals surface area contributed by atoms with Crippen molar-refractivity contribution in [3.05, 3.63) is 29.3 Å². The van der Waals surface area contributed by atoms with Gasteiger partial charge in [0, 0.05) is 11.6 Å². The van der Waals surface area contributed by atoms with E-state index in [4.69, 9.17) is 9.84 Å². The Morgan fingerprint density at radius 2 is 2.15 bits per heavy atom. The molecule has 1 aromatic rings. The molecule has 1 fully saturated rings. The van der Waals surface area contributed by atoms with Crippen LogP contribution in [-0.4, -0.2) is 30.1 Å². The number of hydrogen-bond donors (Lipinski definition) is 2. The molecule has 108 valence electrons. The first kappa shape index (κ1) is 14.4. The Kier molecular flexibility index (Phi) is 4.27. The van der Waals surface area contributed by atoms with E-state index in [9.17, 15) is 9.59 Å². The Morgan fingerprint density at radius 3 is 2.70 bits per heavy atom. The van der Waals surface area contributed by atoms with Crippen molar-refractivity contribution in [2.45, 2.75) is 32.2 Å². The number of methoxy groups -OCH3 is 1. The van der Waals surface area contributed by atoms with Crippen LogP contribution >= 0.6 is 0 Å². The van der Waals surface area contributed by atoms with Crippen molar-refractivity contribution >= 4 is 11.9 Å². The van der Waals surface area contributed by atoms with Crippen LogP contribution in [0.2, 0.25) is 0 Å². The van der Waals surface area contributed by atoms with Crippen LogP contribution in [0.1, 0.15) is 35.2 Å². The summed E-state index contributed by atoms with van der Waals surface area (Å²) in [5, 5.41) is 11.7. The molecule has 0 aliphatic heterocycles. The zero-order valence-electron chi connectivity index (χ0n) is 11.7. The van der Waals surface area contributed by atoms with E-state index >= 15 is 0 Å². The smallest absolute Gasteiger partial charge is 0.305 e. The van der Waals surface area contributed by atoms with Crippen LogP contribution in [0.25, 0.3) is 0 Å². The van der Waals surface area contributed by atoms with Crippen molar-refractivity contribution in [1.29, 1.82) is 0 Å². The van der Waals surface area contributed by atoms with E-state index in [0.717, 1.165) is 18.4 Å². The highest BCUT2D eigenvalue weighted by Crippen LogP contribution is 2.34. The molecule has 2 N–H and O–H groups in total. The van der Waals surface area contributed by atoms with Crippen LogP contribution in [0, 0.1) is 12.8 Å². The average Bonchev–Trinajstić information content (AvgIpc) is 3.22. The number of rotatable bonds is 6. The molecule has 0 radical (unpaired) electrons. The van der Waals surface area contributed by atoms with Gasteiger partial charge in [-0.1, -0.05) is 6.07 Å². The van der Waals surface area contributed by atoms with Gasteiger partial charge < -0.3 is 15.2 Å². The standard InChI is InChI=1S/C15H19NO4/c1-9-3-4-11(7-13(9)20-2)15(19)16-12(8-14(17)18)10-5-6-10/h3-4,7,10,12H,5-6,8H2,1-2H3,(H,16,19)(H,17,18). The molecule has 5 nitrogen and oxygen atoms in total. The molecule has 0 bridgehead atoms. The van der Waals surface area contributed by atoms with Gasteiger partial charge in [-0.3, -0.25) is 9.59 Å². The molecule has 1 aliphatic rings. The Hall–Kier alpha value is -2.04. The van der Waals surface area contributed by atoms with Crippen molar-refractivity contribution in [3.8, 4) is 5.75 Å². The molecule has 1 unspecified atom stereocenters. The summed E-state index contributed by atoms with van der Waals surface area (Å²) in [4.78, 5) is 23.0. The largest absolute Gasteiger partial charge is 0.496 e. The van der Waals surface area contributed by atoms with Crippen molar-refractivity contribution in [3.63, 3.8) is 0 Å². The number of benzene rings is 1. The summed E-state index contributed by atoms with van der Waals surface area (Å²) in [6.45, 7) is 1.90. The number of aryl methyl sites for hydroxylation is 1. The van der Waals surface area contributed by atoms with E-state index in [-0.39, 0.29) is 18.4 Å². The van der Waals surface area contributed by atoms with Crippen LogP contribution in [0.5, 0.6) is 5.75 Å². The van der Waals surface area contributed by atoms with Crippen LogP contribution in [0.3, 0.4) is 0 Å². The summed E-state index contributed by atoms with van der Waals surface area (Å²) in [5.74, 6) is -0.189. The van der Waals surface area contributed by atoms with Gasteiger partial charge >= 0.3 is 5.97 Å². The predicted octanol–water partition coefficient (Wildman–Crippen LogP) is 1.99. The van der Waals surface area contributed by atoms with Gasteiger partial charge in [-0.2, -0.15) is 0 Å². The van der Waals surface area contributed by atoms with Crippen molar-refractivity contribution in [2.24, 2.45) is 5.92 Å². The normalized spacial score (nSPS) is 15.5.